The zero-order valence-electron chi connectivity index (χ0n) is 27.0. The quantitative estimate of drug-likeness (QED) is 0.146. The lowest BCUT2D eigenvalue weighted by molar-refractivity contribution is -0.137. The second-order valence-electron chi connectivity index (χ2n) is 11.5. The number of nitrogens with two attached hydrogens (primary N) is 1. The summed E-state index contributed by atoms with van der Waals surface area (Å²) in [6.45, 7) is 3.16. The van der Waals surface area contributed by atoms with Gasteiger partial charge in [-0.15, -0.1) is 0 Å². The molecule has 2 atom stereocenters. The van der Waals surface area contributed by atoms with Crippen molar-refractivity contribution in [2.75, 3.05) is 51.3 Å². The Hall–Kier alpha value is -3.88. The minimum Gasteiger partial charge on any atom is -0.506 e. The summed E-state index contributed by atoms with van der Waals surface area (Å²) in [5.74, 6) is 0.131. The molecule has 48 heavy (non-hydrogen) atoms. The highest BCUT2D eigenvalue weighted by Gasteiger charge is 2.31. The number of hydrogen-bond acceptors (Lipinski definition) is 8. The molecular weight excluding hydrogens is 746 g/mol. The number of unbranched alkanes of at least 4 members (excludes halogenated alkanes) is 1. The summed E-state index contributed by atoms with van der Waals surface area (Å²) in [6, 6.07) is 12.5. The van der Waals surface area contributed by atoms with Gasteiger partial charge in [0.05, 0.1) is 16.1 Å². The highest BCUT2D eigenvalue weighted by molar-refractivity contribution is 9.11. The number of hydrogen-bond donors (Lipinski definition) is 5. The van der Waals surface area contributed by atoms with Gasteiger partial charge in [-0.2, -0.15) is 0 Å². The van der Waals surface area contributed by atoms with E-state index < -0.39 is 24.0 Å². The van der Waals surface area contributed by atoms with E-state index in [9.17, 15) is 19.5 Å². The Morgan fingerprint density at radius 2 is 1.60 bits per heavy atom. The first kappa shape index (κ1) is 36.9. The second kappa shape index (κ2) is 18.6. The fraction of sp³-hybridized carbons (Fsp3) is 0.412. The molecule has 6 N–H and O–H groups in total. The predicted octanol–water partition coefficient (Wildman–Crippen LogP) is 3.74. The lowest BCUT2D eigenvalue weighted by atomic mass is 10.0. The van der Waals surface area contributed by atoms with Crippen molar-refractivity contribution < 1.29 is 24.2 Å². The fourth-order valence-corrected chi connectivity index (χ4v) is 6.77. The number of nitrogens with zero attached hydrogens (tertiary/aromatic N) is 3. The number of benzene rings is 2. The Balaban J connectivity index is 1.44. The minimum absolute atomic E-state index is 0.0265. The molecule has 258 valence electrons. The topological polar surface area (TPSA) is 162 Å². The van der Waals surface area contributed by atoms with Crippen LogP contribution in [0.3, 0.4) is 0 Å². The number of amides is 4. The molecule has 0 radical (unpaired) electrons. The molecule has 2 aromatic carbocycles. The van der Waals surface area contributed by atoms with Crippen LogP contribution in [0.5, 0.6) is 11.5 Å². The van der Waals surface area contributed by atoms with Crippen LogP contribution in [0.4, 0.5) is 10.5 Å². The van der Waals surface area contributed by atoms with E-state index in [4.69, 9.17) is 10.5 Å². The van der Waals surface area contributed by atoms with Crippen LogP contribution in [0.2, 0.25) is 0 Å². The molecule has 1 aliphatic rings. The number of halogens is 2. The monoisotopic (exact) mass is 787 g/mol. The molecular formula is C34H43Br2N7O5. The van der Waals surface area contributed by atoms with Gasteiger partial charge in [0, 0.05) is 57.2 Å². The third kappa shape index (κ3) is 10.8. The van der Waals surface area contributed by atoms with Crippen LogP contribution in [-0.2, 0) is 22.4 Å². The molecule has 4 amide bonds. The molecule has 12 nitrogen and oxygen atoms in total. The van der Waals surface area contributed by atoms with Gasteiger partial charge in [0.2, 0.25) is 11.8 Å². The number of nitrogens with one attached hydrogen (secondary N) is 3. The molecule has 3 aromatic rings. The third-order valence-corrected chi connectivity index (χ3v) is 9.39. The molecule has 0 unspecified atom stereocenters. The maximum Gasteiger partial charge on any atom is 0.315 e. The van der Waals surface area contributed by atoms with Crippen LogP contribution in [0.15, 0.2) is 69.9 Å². The van der Waals surface area contributed by atoms with E-state index in [-0.39, 0.29) is 18.1 Å². The number of piperazine rings is 1. The number of methoxy groups -OCH3 is 1. The van der Waals surface area contributed by atoms with Gasteiger partial charge >= 0.3 is 6.03 Å². The smallest absolute Gasteiger partial charge is 0.315 e. The minimum atomic E-state index is -1.01. The van der Waals surface area contributed by atoms with E-state index in [1.165, 1.54) is 0 Å². The van der Waals surface area contributed by atoms with Crippen LogP contribution in [0.1, 0.15) is 30.4 Å². The summed E-state index contributed by atoms with van der Waals surface area (Å²) < 4.78 is 6.08. The van der Waals surface area contributed by atoms with Crippen LogP contribution in [-0.4, -0.2) is 91.3 Å². The predicted molar refractivity (Wildman–Crippen MR) is 192 cm³/mol. The van der Waals surface area contributed by atoms with Crippen molar-refractivity contribution in [3.8, 4) is 11.5 Å². The fourth-order valence-electron chi connectivity index (χ4n) is 5.49. The van der Waals surface area contributed by atoms with Crippen LogP contribution in [0, 0.1) is 0 Å². The highest BCUT2D eigenvalue weighted by Crippen LogP contribution is 2.33. The molecule has 2 heterocycles. The largest absolute Gasteiger partial charge is 0.506 e. The molecule has 0 bridgehead atoms. The third-order valence-electron chi connectivity index (χ3n) is 8.18. The molecule has 0 aliphatic carbocycles. The number of aromatic nitrogens is 1. The molecule has 1 fully saturated rings. The molecule has 1 aliphatic heterocycles. The van der Waals surface area contributed by atoms with Gasteiger partial charge in [-0.3, -0.25) is 14.6 Å². The Kier molecular flexibility index (Phi) is 14.3. The first-order chi connectivity index (χ1) is 23.2. The lowest BCUT2D eigenvalue weighted by Crippen LogP contribution is -2.58. The number of phenols is 1. The van der Waals surface area contributed by atoms with E-state index in [1.54, 1.807) is 36.5 Å². The number of anilines is 1. The Morgan fingerprint density at radius 1 is 0.938 bits per heavy atom. The Bertz CT molecular complexity index is 1480. The van der Waals surface area contributed by atoms with Gasteiger partial charge in [-0.1, -0.05) is 12.1 Å². The maximum absolute atomic E-state index is 13.9. The number of carbonyl (C=O) groups excluding carboxylic acids is 3. The van der Waals surface area contributed by atoms with Gasteiger partial charge in [-0.05, 0) is 112 Å². The van der Waals surface area contributed by atoms with Crippen molar-refractivity contribution in [1.82, 2.24) is 25.8 Å². The standard InChI is InChI=1S/C34H43Br2N7O5/c1-48-26-7-5-23(6-8-26)9-15-39-34(47)41-30(22-24-20-27(35)31(44)28(36)21-24)32(45)40-29(4-2-3-12-37)33(46)43-18-16-42(17-19-43)25-10-13-38-14-11-25/h5-8,10-11,13-14,20-21,29-30,44H,2-4,9,12,15-19,22,37H2,1H3,(H,40,45)(H2,39,41,47)/t29-,30+/m0/s1. The summed E-state index contributed by atoms with van der Waals surface area (Å²) in [6.07, 6.45) is 5.98. The summed E-state index contributed by atoms with van der Waals surface area (Å²) in [4.78, 5) is 48.9. The van der Waals surface area contributed by atoms with E-state index in [0.29, 0.717) is 79.5 Å². The molecule has 14 heteroatoms. The van der Waals surface area contributed by atoms with Crippen LogP contribution < -0.4 is 31.3 Å². The number of pyridine rings is 1. The van der Waals surface area contributed by atoms with Gasteiger partial charge in [-0.25, -0.2) is 4.79 Å². The van der Waals surface area contributed by atoms with Gasteiger partial charge in [0.1, 0.15) is 23.6 Å². The summed E-state index contributed by atoms with van der Waals surface area (Å²) in [5.41, 5.74) is 8.49. The second-order valence-corrected chi connectivity index (χ2v) is 13.2. The number of aromatic hydroxyl groups is 1. The van der Waals surface area contributed by atoms with Crippen molar-refractivity contribution in [2.45, 2.75) is 44.2 Å². The average molecular weight is 790 g/mol. The van der Waals surface area contributed by atoms with Gasteiger partial charge < -0.3 is 41.3 Å². The summed E-state index contributed by atoms with van der Waals surface area (Å²) >= 11 is 6.69. The highest BCUT2D eigenvalue weighted by atomic mass is 79.9. The number of urea groups is 1. The van der Waals surface area contributed by atoms with Crippen molar-refractivity contribution in [1.29, 1.82) is 0 Å². The first-order valence-electron chi connectivity index (χ1n) is 16.0. The maximum atomic E-state index is 13.9. The first-order valence-corrected chi connectivity index (χ1v) is 17.6. The normalized spacial score (nSPS) is 14.2. The van der Waals surface area contributed by atoms with Gasteiger partial charge in [0.15, 0.2) is 0 Å². The lowest BCUT2D eigenvalue weighted by Gasteiger charge is -2.37. The number of rotatable bonds is 15. The summed E-state index contributed by atoms with van der Waals surface area (Å²) in [7, 11) is 1.60. The Labute approximate surface area is 298 Å². The number of carbonyl (C=O) groups is 3. The van der Waals surface area contributed by atoms with E-state index in [0.717, 1.165) is 17.0 Å². The molecule has 1 aromatic heterocycles. The van der Waals surface area contributed by atoms with Crippen LogP contribution >= 0.6 is 31.9 Å². The molecule has 0 saturated carbocycles. The Morgan fingerprint density at radius 3 is 2.23 bits per heavy atom. The average Bonchev–Trinajstić information content (AvgIpc) is 3.10. The van der Waals surface area contributed by atoms with Crippen molar-refractivity contribution in [3.05, 3.63) is 81.0 Å². The zero-order chi connectivity index (χ0) is 34.5. The van der Waals surface area contributed by atoms with Crippen molar-refractivity contribution in [3.63, 3.8) is 0 Å². The van der Waals surface area contributed by atoms with E-state index in [2.05, 4.69) is 57.7 Å². The van der Waals surface area contributed by atoms with Crippen molar-refractivity contribution in [2.24, 2.45) is 5.73 Å². The summed E-state index contributed by atoms with van der Waals surface area (Å²) in [5, 5.41) is 18.8. The molecule has 1 saturated heterocycles. The SMILES string of the molecule is COc1ccc(CCNC(=O)N[C@H](Cc2cc(Br)c(O)c(Br)c2)C(=O)N[C@@H](CCCCN)C(=O)N2CCN(c3ccncc3)CC2)cc1. The zero-order valence-corrected chi connectivity index (χ0v) is 30.1. The van der Waals surface area contributed by atoms with Gasteiger partial charge in [0.25, 0.3) is 0 Å². The molecule has 0 spiro atoms. The number of ether oxygens (including phenoxy) is 1. The van der Waals surface area contributed by atoms with Crippen LogP contribution in [0.25, 0.3) is 0 Å². The molecule has 4 rings (SSSR count). The van der Waals surface area contributed by atoms with Crippen molar-refractivity contribution >= 4 is 55.4 Å². The number of phenolic OH excluding ortho intramolecular Hbond substituents is 1. The van der Waals surface area contributed by atoms with E-state index >= 15 is 0 Å². The van der Waals surface area contributed by atoms with E-state index in [1.807, 2.05) is 36.4 Å².